The molecule has 112 valence electrons. The van der Waals surface area contributed by atoms with Gasteiger partial charge in [0.1, 0.15) is 11.6 Å². The van der Waals surface area contributed by atoms with Gasteiger partial charge in [0.05, 0.1) is 0 Å². The van der Waals surface area contributed by atoms with Crippen molar-refractivity contribution in [2.75, 3.05) is 13.1 Å². The summed E-state index contributed by atoms with van der Waals surface area (Å²) >= 11 is 0. The zero-order valence-electron chi connectivity index (χ0n) is 11.7. The van der Waals surface area contributed by atoms with Crippen molar-refractivity contribution >= 4 is 0 Å². The largest absolute Gasteiger partial charge is 0.485 e. The van der Waals surface area contributed by atoms with E-state index in [0.717, 1.165) is 32.4 Å². The van der Waals surface area contributed by atoms with Gasteiger partial charge in [-0.15, -0.1) is 0 Å². The van der Waals surface area contributed by atoms with E-state index in [2.05, 4.69) is 15.5 Å². The Hall–Kier alpha value is -1.95. The molecule has 0 radical (unpaired) electrons. The quantitative estimate of drug-likeness (QED) is 0.916. The molecular weight excluding hydrogens is 273 g/mol. The predicted octanol–water partition coefficient (Wildman–Crippen LogP) is 2.33. The maximum Gasteiger partial charge on any atom is 0.227 e. The molecular formula is C15H18FN3O2. The first-order valence-electron chi connectivity index (χ1n) is 7.20. The summed E-state index contributed by atoms with van der Waals surface area (Å²) in [5, 5.41) is 7.23. The molecule has 1 aliphatic rings. The molecule has 1 saturated heterocycles. The lowest BCUT2D eigenvalue weighted by atomic mass is 9.95. The number of piperidine rings is 1. The second-order valence-electron chi connectivity index (χ2n) is 5.25. The minimum atomic E-state index is -0.327. The first-order valence-corrected chi connectivity index (χ1v) is 7.20. The van der Waals surface area contributed by atoms with E-state index < -0.39 is 0 Å². The number of aromatic nitrogens is 2. The Bertz CT molecular complexity index is 582. The zero-order valence-corrected chi connectivity index (χ0v) is 11.7. The van der Waals surface area contributed by atoms with Crippen LogP contribution >= 0.6 is 0 Å². The van der Waals surface area contributed by atoms with Crippen LogP contribution in [-0.4, -0.2) is 23.2 Å². The first kappa shape index (κ1) is 14.0. The third kappa shape index (κ3) is 4.01. The van der Waals surface area contributed by atoms with Gasteiger partial charge in [-0.3, -0.25) is 0 Å². The predicted molar refractivity (Wildman–Crippen MR) is 74.3 cm³/mol. The molecule has 21 heavy (non-hydrogen) atoms. The average Bonchev–Trinajstić information content (AvgIpc) is 2.94. The second kappa shape index (κ2) is 6.67. The highest BCUT2D eigenvalue weighted by Crippen LogP contribution is 2.17. The van der Waals surface area contributed by atoms with Gasteiger partial charge in [-0.05, 0) is 44.0 Å². The van der Waals surface area contributed by atoms with E-state index in [9.17, 15) is 4.39 Å². The minimum Gasteiger partial charge on any atom is -0.485 e. The van der Waals surface area contributed by atoms with Crippen molar-refractivity contribution in [1.82, 2.24) is 15.5 Å². The SMILES string of the molecule is Fc1cccc(OCc2noc(CC3CCNCC3)n2)c1. The summed E-state index contributed by atoms with van der Waals surface area (Å²) < 4.78 is 23.7. The van der Waals surface area contributed by atoms with Crippen molar-refractivity contribution in [2.45, 2.75) is 25.9 Å². The fourth-order valence-electron chi connectivity index (χ4n) is 2.47. The number of halogens is 1. The summed E-state index contributed by atoms with van der Waals surface area (Å²) in [4.78, 5) is 4.32. The Balaban J connectivity index is 1.52. The molecule has 0 atom stereocenters. The van der Waals surface area contributed by atoms with Crippen LogP contribution in [0.1, 0.15) is 24.6 Å². The van der Waals surface area contributed by atoms with Gasteiger partial charge in [0.25, 0.3) is 0 Å². The van der Waals surface area contributed by atoms with Crippen LogP contribution in [0.4, 0.5) is 4.39 Å². The van der Waals surface area contributed by atoms with Crippen LogP contribution in [0.3, 0.4) is 0 Å². The van der Waals surface area contributed by atoms with Crippen LogP contribution in [0, 0.1) is 11.7 Å². The molecule has 2 heterocycles. The lowest BCUT2D eigenvalue weighted by Gasteiger charge is -2.20. The zero-order chi connectivity index (χ0) is 14.5. The Kier molecular flexibility index (Phi) is 4.45. The van der Waals surface area contributed by atoms with Crippen LogP contribution in [0.25, 0.3) is 0 Å². The number of nitrogens with one attached hydrogen (secondary N) is 1. The lowest BCUT2D eigenvalue weighted by Crippen LogP contribution is -2.28. The third-order valence-corrected chi connectivity index (χ3v) is 3.60. The van der Waals surface area contributed by atoms with Gasteiger partial charge in [0.2, 0.25) is 11.7 Å². The Morgan fingerprint density at radius 3 is 3.00 bits per heavy atom. The summed E-state index contributed by atoms with van der Waals surface area (Å²) in [5.74, 6) is 1.87. The van der Waals surface area contributed by atoms with E-state index in [1.54, 1.807) is 12.1 Å². The van der Waals surface area contributed by atoms with Crippen molar-refractivity contribution in [3.8, 4) is 5.75 Å². The van der Waals surface area contributed by atoms with Gasteiger partial charge >= 0.3 is 0 Å². The van der Waals surface area contributed by atoms with Crippen molar-refractivity contribution < 1.29 is 13.7 Å². The Morgan fingerprint density at radius 2 is 2.19 bits per heavy atom. The number of rotatable bonds is 5. The highest BCUT2D eigenvalue weighted by atomic mass is 19.1. The lowest BCUT2D eigenvalue weighted by molar-refractivity contribution is 0.280. The van der Waals surface area contributed by atoms with E-state index in [1.807, 2.05) is 0 Å². The average molecular weight is 291 g/mol. The van der Waals surface area contributed by atoms with Gasteiger partial charge in [0.15, 0.2) is 6.61 Å². The summed E-state index contributed by atoms with van der Waals surface area (Å²) in [6, 6.07) is 6.00. The molecule has 0 aliphatic carbocycles. The molecule has 0 amide bonds. The van der Waals surface area contributed by atoms with Crippen molar-refractivity contribution in [3.05, 3.63) is 41.8 Å². The summed E-state index contributed by atoms with van der Waals surface area (Å²) in [7, 11) is 0. The summed E-state index contributed by atoms with van der Waals surface area (Å²) in [6.45, 7) is 2.28. The van der Waals surface area contributed by atoms with Crippen LogP contribution in [0.2, 0.25) is 0 Å². The monoisotopic (exact) mass is 291 g/mol. The molecule has 2 aromatic rings. The molecule has 0 saturated carbocycles. The maximum atomic E-state index is 13.0. The van der Waals surface area contributed by atoms with Gasteiger partial charge in [-0.2, -0.15) is 4.98 Å². The Morgan fingerprint density at radius 1 is 1.33 bits per heavy atom. The first-order chi connectivity index (χ1) is 10.3. The van der Waals surface area contributed by atoms with E-state index in [0.29, 0.717) is 23.4 Å². The third-order valence-electron chi connectivity index (χ3n) is 3.60. The molecule has 1 N–H and O–H groups in total. The van der Waals surface area contributed by atoms with Gasteiger partial charge in [0, 0.05) is 12.5 Å². The summed E-state index contributed by atoms with van der Waals surface area (Å²) in [6.07, 6.45) is 3.09. The van der Waals surface area contributed by atoms with E-state index in [1.165, 1.54) is 12.1 Å². The number of ether oxygens (including phenoxy) is 1. The normalized spacial score (nSPS) is 16.0. The van der Waals surface area contributed by atoms with Crippen LogP contribution < -0.4 is 10.1 Å². The topological polar surface area (TPSA) is 60.2 Å². The van der Waals surface area contributed by atoms with Gasteiger partial charge < -0.3 is 14.6 Å². The van der Waals surface area contributed by atoms with Gasteiger partial charge in [-0.1, -0.05) is 11.2 Å². The van der Waals surface area contributed by atoms with Gasteiger partial charge in [-0.25, -0.2) is 4.39 Å². The number of nitrogens with zero attached hydrogens (tertiary/aromatic N) is 2. The molecule has 1 aliphatic heterocycles. The van der Waals surface area contributed by atoms with E-state index in [4.69, 9.17) is 9.26 Å². The number of benzene rings is 1. The van der Waals surface area contributed by atoms with E-state index >= 15 is 0 Å². The highest BCUT2D eigenvalue weighted by molar-refractivity contribution is 5.22. The molecule has 1 aromatic heterocycles. The second-order valence-corrected chi connectivity index (χ2v) is 5.25. The molecule has 0 bridgehead atoms. The van der Waals surface area contributed by atoms with Crippen molar-refractivity contribution in [3.63, 3.8) is 0 Å². The molecule has 0 spiro atoms. The molecule has 1 aromatic carbocycles. The summed E-state index contributed by atoms with van der Waals surface area (Å²) in [5.41, 5.74) is 0. The Labute approximate surface area is 122 Å². The molecule has 5 nitrogen and oxygen atoms in total. The molecule has 6 heteroatoms. The highest BCUT2D eigenvalue weighted by Gasteiger charge is 2.17. The fourth-order valence-corrected chi connectivity index (χ4v) is 2.47. The maximum absolute atomic E-state index is 13.0. The minimum absolute atomic E-state index is 0.180. The van der Waals surface area contributed by atoms with Crippen molar-refractivity contribution in [1.29, 1.82) is 0 Å². The standard InChI is InChI=1S/C15H18FN3O2/c16-12-2-1-3-13(9-12)20-10-14-18-15(21-19-14)8-11-4-6-17-7-5-11/h1-3,9,11,17H,4-8,10H2. The number of hydrogen-bond acceptors (Lipinski definition) is 5. The molecule has 0 unspecified atom stereocenters. The van der Waals surface area contributed by atoms with Crippen LogP contribution in [0.5, 0.6) is 5.75 Å². The fraction of sp³-hybridized carbons (Fsp3) is 0.467. The smallest absolute Gasteiger partial charge is 0.227 e. The molecule has 3 rings (SSSR count). The number of hydrogen-bond donors (Lipinski definition) is 1. The van der Waals surface area contributed by atoms with Crippen LogP contribution in [0.15, 0.2) is 28.8 Å². The van der Waals surface area contributed by atoms with E-state index in [-0.39, 0.29) is 12.4 Å². The van der Waals surface area contributed by atoms with Crippen LogP contribution in [-0.2, 0) is 13.0 Å². The van der Waals surface area contributed by atoms with Crippen molar-refractivity contribution in [2.24, 2.45) is 5.92 Å². The molecule has 1 fully saturated rings.